The van der Waals surface area contributed by atoms with E-state index >= 15 is 0 Å². The molecule has 2 aromatic heterocycles. The van der Waals surface area contributed by atoms with Crippen LogP contribution in [0, 0.1) is 5.82 Å². The summed E-state index contributed by atoms with van der Waals surface area (Å²) < 4.78 is 43.3. The Labute approximate surface area is 152 Å². The lowest BCUT2D eigenvalue weighted by Crippen LogP contribution is -2.24. The number of carbonyl (C=O) groups is 1. The molecule has 10 heteroatoms. The topological polar surface area (TPSA) is 102 Å². The molecule has 0 aliphatic heterocycles. The number of nitrogens with zero attached hydrogens (tertiary/aromatic N) is 2. The van der Waals surface area contributed by atoms with Gasteiger partial charge in [0.25, 0.3) is 5.91 Å². The normalized spacial score (nSPS) is 11.4. The number of sulfone groups is 1. The van der Waals surface area contributed by atoms with Crippen molar-refractivity contribution in [2.45, 2.75) is 17.4 Å². The van der Waals surface area contributed by atoms with Crippen molar-refractivity contribution in [2.24, 2.45) is 0 Å². The van der Waals surface area contributed by atoms with E-state index in [1.54, 1.807) is 23.6 Å². The van der Waals surface area contributed by atoms with E-state index in [0.717, 1.165) is 0 Å². The fraction of sp³-hybridized carbons (Fsp3) is 0.188. The number of thiophene rings is 1. The van der Waals surface area contributed by atoms with Gasteiger partial charge in [0.1, 0.15) is 5.82 Å². The summed E-state index contributed by atoms with van der Waals surface area (Å²) in [5.41, 5.74) is 0.0236. The number of nitrogens with one attached hydrogen (secondary N) is 1. The number of hydrogen-bond donors (Lipinski definition) is 1. The van der Waals surface area contributed by atoms with E-state index in [1.807, 2.05) is 0 Å². The first kappa shape index (κ1) is 18.2. The third-order valence-corrected chi connectivity index (χ3v) is 5.64. The molecule has 0 aliphatic carbocycles. The van der Waals surface area contributed by atoms with Gasteiger partial charge in [-0.05, 0) is 17.5 Å². The maximum Gasteiger partial charge on any atom is 0.335 e. The molecule has 136 valence electrons. The van der Waals surface area contributed by atoms with Crippen LogP contribution in [0.25, 0.3) is 0 Å². The van der Waals surface area contributed by atoms with Gasteiger partial charge in [-0.1, -0.05) is 29.4 Å². The van der Waals surface area contributed by atoms with Crippen molar-refractivity contribution in [2.75, 3.05) is 6.54 Å². The summed E-state index contributed by atoms with van der Waals surface area (Å²) in [6.07, 6.45) is 0.180. The molecule has 1 aromatic carbocycles. The van der Waals surface area contributed by atoms with Gasteiger partial charge in [0, 0.05) is 18.5 Å². The molecule has 0 bridgehead atoms. The smallest absolute Gasteiger partial charge is 0.335 e. The number of aromatic nitrogens is 2. The van der Waals surface area contributed by atoms with Crippen LogP contribution in [0.15, 0.2) is 51.4 Å². The summed E-state index contributed by atoms with van der Waals surface area (Å²) in [6.45, 7) is 0.214. The molecule has 3 rings (SSSR count). The number of rotatable bonds is 7. The lowest BCUT2D eigenvalue weighted by Gasteiger charge is -2.02. The van der Waals surface area contributed by atoms with E-state index in [-0.39, 0.29) is 30.3 Å². The zero-order chi connectivity index (χ0) is 18.6. The first-order chi connectivity index (χ1) is 12.5. The molecule has 1 amide bonds. The summed E-state index contributed by atoms with van der Waals surface area (Å²) in [7, 11) is -3.96. The van der Waals surface area contributed by atoms with Crippen LogP contribution in [-0.4, -0.2) is 31.1 Å². The predicted octanol–water partition coefficient (Wildman–Crippen LogP) is 2.22. The summed E-state index contributed by atoms with van der Waals surface area (Å²) in [4.78, 5) is 12.4. The Morgan fingerprint density at radius 3 is 2.73 bits per heavy atom. The average molecular weight is 395 g/mol. The minimum atomic E-state index is -3.96. The fourth-order valence-electron chi connectivity index (χ4n) is 2.12. The van der Waals surface area contributed by atoms with Crippen LogP contribution >= 0.6 is 11.3 Å². The zero-order valence-corrected chi connectivity index (χ0v) is 15.0. The largest absolute Gasteiger partial charge is 0.412 e. The van der Waals surface area contributed by atoms with E-state index < -0.39 is 26.6 Å². The molecular weight excluding hydrogens is 381 g/mol. The Morgan fingerprint density at radius 2 is 2.00 bits per heavy atom. The number of hydrogen-bond acceptors (Lipinski definition) is 7. The van der Waals surface area contributed by atoms with Crippen molar-refractivity contribution < 1.29 is 22.0 Å². The Kier molecular flexibility index (Phi) is 5.43. The van der Waals surface area contributed by atoms with Gasteiger partial charge in [-0.25, -0.2) is 12.8 Å². The third-order valence-electron chi connectivity index (χ3n) is 3.39. The minimum Gasteiger partial charge on any atom is -0.412 e. The third kappa shape index (κ3) is 4.33. The van der Waals surface area contributed by atoms with Crippen LogP contribution in [0.1, 0.15) is 21.1 Å². The molecule has 0 radical (unpaired) electrons. The van der Waals surface area contributed by atoms with Crippen LogP contribution in [-0.2, 0) is 22.0 Å². The van der Waals surface area contributed by atoms with Gasteiger partial charge < -0.3 is 9.73 Å². The lowest BCUT2D eigenvalue weighted by molar-refractivity contribution is 0.0957. The van der Waals surface area contributed by atoms with Crippen molar-refractivity contribution in [3.05, 3.63) is 63.9 Å². The number of carbonyl (C=O) groups excluding carboxylic acids is 1. The average Bonchev–Trinajstić information content (AvgIpc) is 3.28. The molecule has 7 nitrogen and oxygen atoms in total. The molecule has 26 heavy (non-hydrogen) atoms. The Bertz CT molecular complexity index is 1000. The highest BCUT2D eigenvalue weighted by molar-refractivity contribution is 7.90. The molecule has 1 N–H and O–H groups in total. The highest BCUT2D eigenvalue weighted by Crippen LogP contribution is 2.17. The monoisotopic (exact) mass is 395 g/mol. The molecule has 0 saturated carbocycles. The van der Waals surface area contributed by atoms with Crippen molar-refractivity contribution in [3.8, 4) is 0 Å². The number of amides is 1. The maximum absolute atomic E-state index is 13.6. The minimum absolute atomic E-state index is 0.0236. The van der Waals surface area contributed by atoms with Gasteiger partial charge >= 0.3 is 5.22 Å². The fourth-order valence-corrected chi connectivity index (χ4v) is 3.92. The second-order valence-electron chi connectivity index (χ2n) is 5.30. The van der Waals surface area contributed by atoms with E-state index in [0.29, 0.717) is 4.88 Å². The number of halogens is 1. The number of benzene rings is 1. The van der Waals surface area contributed by atoms with Crippen LogP contribution in [0.2, 0.25) is 0 Å². The van der Waals surface area contributed by atoms with Crippen LogP contribution in [0.3, 0.4) is 0 Å². The van der Waals surface area contributed by atoms with Crippen molar-refractivity contribution in [1.82, 2.24) is 15.5 Å². The molecule has 0 unspecified atom stereocenters. The second-order valence-corrected chi connectivity index (χ2v) is 8.11. The predicted molar refractivity (Wildman–Crippen MR) is 91.9 cm³/mol. The van der Waals surface area contributed by atoms with E-state index in [1.165, 1.54) is 29.5 Å². The van der Waals surface area contributed by atoms with Gasteiger partial charge in [0.2, 0.25) is 15.7 Å². The Balaban J connectivity index is 1.60. The molecule has 2 heterocycles. The summed E-state index contributed by atoms with van der Waals surface area (Å²) in [5.74, 6) is -1.35. The molecular formula is C16H14FN3O4S2. The van der Waals surface area contributed by atoms with Gasteiger partial charge in [-0.3, -0.25) is 4.79 Å². The highest BCUT2D eigenvalue weighted by Gasteiger charge is 2.24. The summed E-state index contributed by atoms with van der Waals surface area (Å²) in [5, 5.41) is 11.1. The van der Waals surface area contributed by atoms with Crippen LogP contribution < -0.4 is 5.32 Å². The van der Waals surface area contributed by atoms with Gasteiger partial charge in [0.15, 0.2) is 0 Å². The van der Waals surface area contributed by atoms with Crippen molar-refractivity contribution in [3.63, 3.8) is 0 Å². The van der Waals surface area contributed by atoms with E-state index in [2.05, 4.69) is 15.5 Å². The second kappa shape index (κ2) is 7.75. The van der Waals surface area contributed by atoms with Gasteiger partial charge in [-0.15, -0.1) is 16.4 Å². The van der Waals surface area contributed by atoms with Crippen LogP contribution in [0.5, 0.6) is 0 Å². The van der Waals surface area contributed by atoms with E-state index in [9.17, 15) is 17.6 Å². The van der Waals surface area contributed by atoms with Crippen LogP contribution in [0.4, 0.5) is 4.39 Å². The first-order valence-electron chi connectivity index (χ1n) is 7.56. The highest BCUT2D eigenvalue weighted by atomic mass is 32.2. The maximum atomic E-state index is 13.6. The molecule has 0 aliphatic rings. The van der Waals surface area contributed by atoms with Gasteiger partial charge in [-0.2, -0.15) is 0 Å². The first-order valence-corrected chi connectivity index (χ1v) is 10.1. The molecule has 0 atom stereocenters. The quantitative estimate of drug-likeness (QED) is 0.658. The lowest BCUT2D eigenvalue weighted by atomic mass is 10.2. The standard InChI is InChI=1S/C16H14FN3O4S2/c17-12-5-2-1-4-11(12)10-26(22,23)16-20-19-14(24-16)7-8-18-15(21)13-6-3-9-25-13/h1-6,9H,7-8,10H2,(H,18,21). The Hall–Kier alpha value is -2.59. The van der Waals surface area contributed by atoms with Crippen molar-refractivity contribution in [1.29, 1.82) is 0 Å². The van der Waals surface area contributed by atoms with E-state index in [4.69, 9.17) is 4.42 Å². The van der Waals surface area contributed by atoms with Gasteiger partial charge in [0.05, 0.1) is 10.6 Å². The molecule has 0 fully saturated rings. The summed E-state index contributed by atoms with van der Waals surface area (Å²) in [6, 6.07) is 9.04. The Morgan fingerprint density at radius 1 is 1.19 bits per heavy atom. The molecule has 0 spiro atoms. The van der Waals surface area contributed by atoms with Crippen molar-refractivity contribution >= 4 is 27.1 Å². The SMILES string of the molecule is O=C(NCCc1nnc(S(=O)(=O)Cc2ccccc2F)o1)c1cccs1. The zero-order valence-electron chi connectivity index (χ0n) is 13.4. The molecule has 3 aromatic rings. The summed E-state index contributed by atoms with van der Waals surface area (Å²) >= 11 is 1.31. The molecule has 0 saturated heterocycles.